The third-order valence-electron chi connectivity index (χ3n) is 2.54. The minimum atomic E-state index is -0.358. The summed E-state index contributed by atoms with van der Waals surface area (Å²) < 4.78 is 13.7. The van der Waals surface area contributed by atoms with E-state index >= 15 is 0 Å². The number of hydrogen-bond donors (Lipinski definition) is 1. The molecule has 4 heteroatoms. The van der Waals surface area contributed by atoms with E-state index in [1.54, 1.807) is 0 Å². The number of anilines is 1. The first kappa shape index (κ1) is 11.3. The summed E-state index contributed by atoms with van der Waals surface area (Å²) in [6, 6.07) is 5.34. The fourth-order valence-electron chi connectivity index (χ4n) is 1.85. The highest BCUT2D eigenvalue weighted by Gasteiger charge is 2.11. The molecule has 2 rings (SSSR count). The van der Waals surface area contributed by atoms with Crippen molar-refractivity contribution in [1.29, 1.82) is 5.26 Å². The van der Waals surface area contributed by atoms with Crippen molar-refractivity contribution < 1.29 is 4.39 Å². The molecule has 1 N–H and O–H groups in total. The van der Waals surface area contributed by atoms with Crippen LogP contribution in [0.3, 0.4) is 0 Å². The van der Waals surface area contributed by atoms with Gasteiger partial charge in [0.2, 0.25) is 0 Å². The summed E-state index contributed by atoms with van der Waals surface area (Å²) >= 11 is 0. The van der Waals surface area contributed by atoms with Gasteiger partial charge in [0.15, 0.2) is 0 Å². The van der Waals surface area contributed by atoms with Crippen LogP contribution in [-0.2, 0) is 0 Å². The van der Waals surface area contributed by atoms with Gasteiger partial charge >= 0.3 is 0 Å². The molecule has 0 amide bonds. The Morgan fingerprint density at radius 3 is 2.88 bits per heavy atom. The Kier molecular flexibility index (Phi) is 2.92. The molecule has 2 aromatic rings. The maximum atomic E-state index is 13.7. The number of aryl methyl sites for hydroxylation is 1. The lowest BCUT2D eigenvalue weighted by atomic mass is 10.1. The Labute approximate surface area is 98.9 Å². The van der Waals surface area contributed by atoms with E-state index in [0.717, 1.165) is 5.56 Å². The average molecular weight is 229 g/mol. The second-order valence-corrected chi connectivity index (χ2v) is 3.83. The lowest BCUT2D eigenvalue weighted by Crippen LogP contribution is -2.02. The average Bonchev–Trinajstić information content (AvgIpc) is 2.30. The van der Waals surface area contributed by atoms with E-state index in [2.05, 4.69) is 16.4 Å². The van der Waals surface area contributed by atoms with Gasteiger partial charge in [-0.05, 0) is 31.5 Å². The van der Waals surface area contributed by atoms with Crippen LogP contribution >= 0.6 is 0 Å². The monoisotopic (exact) mass is 229 g/mol. The number of nitriles is 1. The predicted molar refractivity (Wildman–Crippen MR) is 65.3 cm³/mol. The van der Waals surface area contributed by atoms with Gasteiger partial charge in [-0.15, -0.1) is 0 Å². The SMILES string of the molecule is CCNc1c(C#N)cnc2c(F)cc(C)cc12. The van der Waals surface area contributed by atoms with Crippen molar-refractivity contribution in [3.05, 3.63) is 35.3 Å². The summed E-state index contributed by atoms with van der Waals surface area (Å²) in [7, 11) is 0. The molecule has 1 aromatic heterocycles. The number of hydrogen-bond acceptors (Lipinski definition) is 3. The molecule has 0 radical (unpaired) electrons. The van der Waals surface area contributed by atoms with Crippen LogP contribution in [0.5, 0.6) is 0 Å². The van der Waals surface area contributed by atoms with Gasteiger partial charge in [-0.3, -0.25) is 4.98 Å². The zero-order valence-electron chi connectivity index (χ0n) is 9.71. The van der Waals surface area contributed by atoms with Crippen LogP contribution in [0.2, 0.25) is 0 Å². The third kappa shape index (κ3) is 1.92. The highest BCUT2D eigenvalue weighted by molar-refractivity contribution is 5.94. The van der Waals surface area contributed by atoms with Crippen LogP contribution in [0.1, 0.15) is 18.1 Å². The molecule has 0 saturated carbocycles. The Hall–Kier alpha value is -2.15. The second kappa shape index (κ2) is 4.38. The molecular formula is C13H12FN3. The van der Waals surface area contributed by atoms with Gasteiger partial charge in [0.25, 0.3) is 0 Å². The number of nitrogens with one attached hydrogen (secondary N) is 1. The zero-order valence-corrected chi connectivity index (χ0v) is 9.71. The van der Waals surface area contributed by atoms with Crippen LogP contribution in [0.25, 0.3) is 10.9 Å². The molecule has 1 aromatic carbocycles. The molecule has 3 nitrogen and oxygen atoms in total. The Bertz CT molecular complexity index is 614. The van der Waals surface area contributed by atoms with E-state index in [1.165, 1.54) is 12.3 Å². The van der Waals surface area contributed by atoms with Crippen molar-refractivity contribution in [1.82, 2.24) is 4.98 Å². The fraction of sp³-hybridized carbons (Fsp3) is 0.231. The van der Waals surface area contributed by atoms with Gasteiger partial charge in [0.1, 0.15) is 17.4 Å². The molecule has 0 spiro atoms. The van der Waals surface area contributed by atoms with Crippen LogP contribution in [0.15, 0.2) is 18.3 Å². The summed E-state index contributed by atoms with van der Waals surface area (Å²) in [6.07, 6.45) is 1.40. The Balaban J connectivity index is 2.84. The summed E-state index contributed by atoms with van der Waals surface area (Å²) in [5.74, 6) is -0.358. The quantitative estimate of drug-likeness (QED) is 0.861. The van der Waals surface area contributed by atoms with E-state index < -0.39 is 0 Å². The van der Waals surface area contributed by atoms with Crippen LogP contribution in [0.4, 0.5) is 10.1 Å². The summed E-state index contributed by atoms with van der Waals surface area (Å²) in [4.78, 5) is 4.00. The molecule has 0 aliphatic rings. The third-order valence-corrected chi connectivity index (χ3v) is 2.54. The molecule has 0 bridgehead atoms. The van der Waals surface area contributed by atoms with Crippen LogP contribution in [0, 0.1) is 24.1 Å². The molecule has 86 valence electrons. The molecule has 0 aliphatic carbocycles. The Morgan fingerprint density at radius 1 is 1.47 bits per heavy atom. The molecule has 1 heterocycles. The molecule has 17 heavy (non-hydrogen) atoms. The van der Waals surface area contributed by atoms with Crippen LogP contribution < -0.4 is 5.32 Å². The highest BCUT2D eigenvalue weighted by Crippen LogP contribution is 2.28. The Morgan fingerprint density at radius 2 is 2.24 bits per heavy atom. The van der Waals surface area contributed by atoms with Crippen molar-refractivity contribution in [2.45, 2.75) is 13.8 Å². The van der Waals surface area contributed by atoms with Crippen molar-refractivity contribution in [3.63, 3.8) is 0 Å². The molecule has 0 aliphatic heterocycles. The maximum Gasteiger partial charge on any atom is 0.149 e. The zero-order chi connectivity index (χ0) is 12.4. The van der Waals surface area contributed by atoms with Crippen molar-refractivity contribution >= 4 is 16.6 Å². The second-order valence-electron chi connectivity index (χ2n) is 3.83. The standard InChI is InChI=1S/C13H12FN3/c1-3-16-12-9(6-15)7-17-13-10(12)4-8(2)5-11(13)14/h4-5,7H,3H2,1-2H3,(H,16,17). The van der Waals surface area contributed by atoms with E-state index in [-0.39, 0.29) is 5.82 Å². The fourth-order valence-corrected chi connectivity index (χ4v) is 1.85. The number of benzene rings is 1. The summed E-state index contributed by atoms with van der Waals surface area (Å²) in [5, 5.41) is 12.8. The maximum absolute atomic E-state index is 13.7. The highest BCUT2D eigenvalue weighted by atomic mass is 19.1. The minimum Gasteiger partial charge on any atom is -0.384 e. The molecule has 0 fully saturated rings. The molecular weight excluding hydrogens is 217 g/mol. The van der Waals surface area contributed by atoms with E-state index in [0.29, 0.717) is 28.7 Å². The normalized spacial score (nSPS) is 10.2. The first-order valence-corrected chi connectivity index (χ1v) is 5.40. The molecule has 0 atom stereocenters. The van der Waals surface area contributed by atoms with Gasteiger partial charge in [0.05, 0.1) is 11.3 Å². The number of halogens is 1. The van der Waals surface area contributed by atoms with Gasteiger partial charge in [0, 0.05) is 18.1 Å². The largest absolute Gasteiger partial charge is 0.384 e. The topological polar surface area (TPSA) is 48.7 Å². The van der Waals surface area contributed by atoms with Crippen LogP contribution in [-0.4, -0.2) is 11.5 Å². The lowest BCUT2D eigenvalue weighted by Gasteiger charge is -2.10. The minimum absolute atomic E-state index is 0.297. The van der Waals surface area contributed by atoms with E-state index in [1.807, 2.05) is 19.9 Å². The lowest BCUT2D eigenvalue weighted by molar-refractivity contribution is 0.635. The van der Waals surface area contributed by atoms with Gasteiger partial charge in [-0.1, -0.05) is 0 Å². The first-order chi connectivity index (χ1) is 8.17. The van der Waals surface area contributed by atoms with Gasteiger partial charge in [-0.2, -0.15) is 5.26 Å². The molecule has 0 saturated heterocycles. The number of nitrogens with zero attached hydrogens (tertiary/aromatic N) is 2. The smallest absolute Gasteiger partial charge is 0.149 e. The van der Waals surface area contributed by atoms with Crippen molar-refractivity contribution in [2.75, 3.05) is 11.9 Å². The summed E-state index contributed by atoms with van der Waals surface area (Å²) in [6.45, 7) is 4.42. The number of pyridine rings is 1. The predicted octanol–water partition coefficient (Wildman–Crippen LogP) is 2.99. The van der Waals surface area contributed by atoms with Gasteiger partial charge < -0.3 is 5.32 Å². The van der Waals surface area contributed by atoms with Crippen molar-refractivity contribution in [2.24, 2.45) is 0 Å². The number of fused-ring (bicyclic) bond motifs is 1. The number of rotatable bonds is 2. The first-order valence-electron chi connectivity index (χ1n) is 5.40. The van der Waals surface area contributed by atoms with E-state index in [9.17, 15) is 4.39 Å². The van der Waals surface area contributed by atoms with E-state index in [4.69, 9.17) is 5.26 Å². The number of aromatic nitrogens is 1. The van der Waals surface area contributed by atoms with Gasteiger partial charge in [-0.25, -0.2) is 4.39 Å². The molecule has 0 unspecified atom stereocenters. The summed E-state index contributed by atoms with van der Waals surface area (Å²) in [5.41, 5.74) is 2.20. The van der Waals surface area contributed by atoms with Crippen molar-refractivity contribution in [3.8, 4) is 6.07 Å².